The Hall–Kier alpha value is -3.04. The van der Waals surface area contributed by atoms with Gasteiger partial charge >= 0.3 is 18.2 Å². The number of hydrogen-bond acceptors (Lipinski definition) is 4. The highest BCUT2D eigenvalue weighted by Crippen LogP contribution is 2.36. The molecular formula is C18H11Cl2F3N4O2. The predicted molar refractivity (Wildman–Crippen MR) is 103 cm³/mol. The first-order valence-corrected chi connectivity index (χ1v) is 8.67. The number of alkyl halides is 3. The van der Waals surface area contributed by atoms with E-state index >= 15 is 0 Å². The van der Waals surface area contributed by atoms with Crippen molar-refractivity contribution in [2.75, 3.05) is 10.6 Å². The van der Waals surface area contributed by atoms with Gasteiger partial charge in [0, 0.05) is 17.6 Å². The van der Waals surface area contributed by atoms with Crippen molar-refractivity contribution in [2.24, 2.45) is 0 Å². The molecule has 6 nitrogen and oxygen atoms in total. The van der Waals surface area contributed by atoms with E-state index in [0.717, 1.165) is 12.1 Å². The fourth-order valence-corrected chi connectivity index (χ4v) is 2.55. The summed E-state index contributed by atoms with van der Waals surface area (Å²) in [6.45, 7) is 0. The number of halogens is 5. The van der Waals surface area contributed by atoms with Gasteiger partial charge in [-0.1, -0.05) is 23.2 Å². The first-order chi connectivity index (χ1) is 13.7. The summed E-state index contributed by atoms with van der Waals surface area (Å²) in [5.41, 5.74) is -0.717. The van der Waals surface area contributed by atoms with Crippen LogP contribution in [0, 0.1) is 0 Å². The van der Waals surface area contributed by atoms with Gasteiger partial charge in [-0.3, -0.25) is 0 Å². The summed E-state index contributed by atoms with van der Waals surface area (Å²) in [5.74, 6) is 0.394. The van der Waals surface area contributed by atoms with Crippen LogP contribution in [-0.4, -0.2) is 16.0 Å². The number of ether oxygens (including phenoxy) is 1. The van der Waals surface area contributed by atoms with Crippen molar-refractivity contribution >= 4 is 40.6 Å². The Balaban J connectivity index is 1.62. The second kappa shape index (κ2) is 8.54. The van der Waals surface area contributed by atoms with Gasteiger partial charge in [0.05, 0.1) is 10.6 Å². The molecule has 0 unspecified atom stereocenters. The third-order valence-electron chi connectivity index (χ3n) is 3.45. The van der Waals surface area contributed by atoms with Crippen molar-refractivity contribution in [1.29, 1.82) is 0 Å². The van der Waals surface area contributed by atoms with Crippen molar-refractivity contribution < 1.29 is 22.7 Å². The fraction of sp³-hybridized carbons (Fsp3) is 0.0556. The van der Waals surface area contributed by atoms with Crippen molar-refractivity contribution in [1.82, 2.24) is 9.97 Å². The Bertz CT molecular complexity index is 1030. The maximum atomic E-state index is 12.9. The molecule has 0 saturated carbocycles. The van der Waals surface area contributed by atoms with Crippen LogP contribution in [0.4, 0.5) is 29.3 Å². The molecule has 29 heavy (non-hydrogen) atoms. The van der Waals surface area contributed by atoms with E-state index in [1.807, 2.05) is 0 Å². The molecule has 2 amide bonds. The van der Waals surface area contributed by atoms with E-state index in [9.17, 15) is 18.0 Å². The zero-order valence-electron chi connectivity index (χ0n) is 14.3. The second-order valence-corrected chi connectivity index (χ2v) is 6.35. The van der Waals surface area contributed by atoms with E-state index in [1.165, 1.54) is 30.5 Å². The summed E-state index contributed by atoms with van der Waals surface area (Å²) in [5, 5.41) is 4.57. The van der Waals surface area contributed by atoms with Gasteiger partial charge in [0.25, 0.3) is 0 Å². The molecule has 0 aliphatic rings. The number of nitrogens with one attached hydrogen (secondary N) is 2. The van der Waals surface area contributed by atoms with Crippen molar-refractivity contribution in [3.8, 4) is 11.8 Å². The third-order valence-corrected chi connectivity index (χ3v) is 3.99. The Labute approximate surface area is 172 Å². The molecule has 0 bridgehead atoms. The summed E-state index contributed by atoms with van der Waals surface area (Å²) >= 11 is 11.3. The monoisotopic (exact) mass is 442 g/mol. The van der Waals surface area contributed by atoms with Crippen LogP contribution in [0.1, 0.15) is 5.56 Å². The van der Waals surface area contributed by atoms with Gasteiger partial charge in [0.2, 0.25) is 0 Å². The van der Waals surface area contributed by atoms with Gasteiger partial charge in [0.15, 0.2) is 0 Å². The van der Waals surface area contributed by atoms with E-state index < -0.39 is 22.8 Å². The first-order valence-electron chi connectivity index (χ1n) is 7.92. The van der Waals surface area contributed by atoms with Crippen molar-refractivity contribution in [2.45, 2.75) is 6.18 Å². The van der Waals surface area contributed by atoms with Crippen LogP contribution < -0.4 is 15.4 Å². The molecule has 3 rings (SSSR count). The largest absolute Gasteiger partial charge is 0.424 e. The van der Waals surface area contributed by atoms with E-state index in [-0.39, 0.29) is 16.9 Å². The zero-order chi connectivity index (χ0) is 21.0. The molecular weight excluding hydrogens is 432 g/mol. The average molecular weight is 443 g/mol. The van der Waals surface area contributed by atoms with Gasteiger partial charge in [0.1, 0.15) is 10.9 Å². The molecule has 0 atom stereocenters. The maximum absolute atomic E-state index is 12.9. The minimum absolute atomic E-state index is 0.0548. The van der Waals surface area contributed by atoms with Gasteiger partial charge in [-0.2, -0.15) is 18.2 Å². The normalized spacial score (nSPS) is 11.1. The number of aromatic nitrogens is 2. The Morgan fingerprint density at radius 2 is 1.62 bits per heavy atom. The lowest BCUT2D eigenvalue weighted by Gasteiger charge is -2.12. The molecule has 1 aromatic heterocycles. The number of urea groups is 1. The Kier molecular flexibility index (Phi) is 6.09. The summed E-state index contributed by atoms with van der Waals surface area (Å²) in [6, 6.07) is 10.1. The number of benzene rings is 2. The van der Waals surface area contributed by atoms with E-state index in [4.69, 9.17) is 27.9 Å². The lowest BCUT2D eigenvalue weighted by Crippen LogP contribution is -2.19. The number of hydrogen-bond donors (Lipinski definition) is 2. The summed E-state index contributed by atoms with van der Waals surface area (Å²) in [4.78, 5) is 19.8. The van der Waals surface area contributed by atoms with Crippen LogP contribution >= 0.6 is 23.2 Å². The SMILES string of the molecule is O=C(Nc1ccc(Oc2nccc(Cl)n2)cc1)Nc1ccc(Cl)c(C(F)(F)F)c1. The number of amides is 2. The van der Waals surface area contributed by atoms with Gasteiger partial charge in [-0.05, 0) is 48.5 Å². The molecule has 0 aliphatic heterocycles. The lowest BCUT2D eigenvalue weighted by atomic mass is 10.2. The van der Waals surface area contributed by atoms with Crippen LogP contribution in [0.5, 0.6) is 11.8 Å². The van der Waals surface area contributed by atoms with Crippen LogP contribution in [0.15, 0.2) is 54.7 Å². The van der Waals surface area contributed by atoms with Crippen molar-refractivity contribution in [3.63, 3.8) is 0 Å². The fourth-order valence-electron chi connectivity index (χ4n) is 2.19. The number of rotatable bonds is 4. The zero-order valence-corrected chi connectivity index (χ0v) is 15.8. The molecule has 0 radical (unpaired) electrons. The predicted octanol–water partition coefficient (Wildman–Crippen LogP) is 6.24. The van der Waals surface area contributed by atoms with E-state index in [2.05, 4.69) is 20.6 Å². The number of nitrogens with zero attached hydrogens (tertiary/aromatic N) is 2. The molecule has 0 spiro atoms. The van der Waals surface area contributed by atoms with Gasteiger partial charge in [-0.15, -0.1) is 0 Å². The quantitative estimate of drug-likeness (QED) is 0.469. The van der Waals surface area contributed by atoms with Gasteiger partial charge in [-0.25, -0.2) is 9.78 Å². The maximum Gasteiger partial charge on any atom is 0.417 e. The molecule has 2 N–H and O–H groups in total. The molecule has 3 aromatic rings. The van der Waals surface area contributed by atoms with Crippen LogP contribution in [0.3, 0.4) is 0 Å². The molecule has 0 aliphatic carbocycles. The average Bonchev–Trinajstić information content (AvgIpc) is 2.64. The van der Waals surface area contributed by atoms with Crippen LogP contribution in [-0.2, 0) is 6.18 Å². The summed E-state index contributed by atoms with van der Waals surface area (Å²) in [6.07, 6.45) is -3.19. The summed E-state index contributed by atoms with van der Waals surface area (Å²) < 4.78 is 44.1. The van der Waals surface area contributed by atoms with Crippen LogP contribution in [0.2, 0.25) is 10.2 Å². The highest BCUT2D eigenvalue weighted by atomic mass is 35.5. The Morgan fingerprint density at radius 1 is 0.966 bits per heavy atom. The highest BCUT2D eigenvalue weighted by molar-refractivity contribution is 6.31. The molecule has 0 saturated heterocycles. The molecule has 1 heterocycles. The minimum atomic E-state index is -4.63. The molecule has 0 fully saturated rings. The standard InChI is InChI=1S/C18H11Cl2F3N4O2/c19-14-6-3-11(9-13(14)18(21,22)23)26-16(28)25-10-1-4-12(5-2-10)29-17-24-8-7-15(20)27-17/h1-9H,(H2,25,26,28). The minimum Gasteiger partial charge on any atom is -0.424 e. The topological polar surface area (TPSA) is 76.1 Å². The number of carbonyl (C=O) groups is 1. The smallest absolute Gasteiger partial charge is 0.417 e. The molecule has 150 valence electrons. The van der Waals surface area contributed by atoms with E-state index in [1.54, 1.807) is 12.1 Å². The molecule has 2 aromatic carbocycles. The first kappa shape index (κ1) is 20.7. The third kappa shape index (κ3) is 5.72. The number of carbonyl (C=O) groups excluding carboxylic acids is 1. The van der Waals surface area contributed by atoms with Crippen molar-refractivity contribution in [3.05, 3.63) is 70.5 Å². The van der Waals surface area contributed by atoms with Gasteiger partial charge < -0.3 is 15.4 Å². The second-order valence-electron chi connectivity index (χ2n) is 5.56. The Morgan fingerprint density at radius 3 is 2.28 bits per heavy atom. The van der Waals surface area contributed by atoms with E-state index in [0.29, 0.717) is 11.4 Å². The highest BCUT2D eigenvalue weighted by Gasteiger charge is 2.33. The number of anilines is 2. The molecule has 11 heteroatoms. The van der Waals surface area contributed by atoms with Crippen LogP contribution in [0.25, 0.3) is 0 Å². The summed E-state index contributed by atoms with van der Waals surface area (Å²) in [7, 11) is 0. The lowest BCUT2D eigenvalue weighted by molar-refractivity contribution is -0.137.